The molecular weight excluding hydrogens is 244 g/mol. The third-order valence-electron chi connectivity index (χ3n) is 2.57. The van der Waals surface area contributed by atoms with Crippen molar-refractivity contribution in [3.63, 3.8) is 0 Å². The molecule has 7 nitrogen and oxygen atoms in total. The van der Waals surface area contributed by atoms with Crippen LogP contribution in [0.2, 0.25) is 0 Å². The summed E-state index contributed by atoms with van der Waals surface area (Å²) >= 11 is 0. The monoisotopic (exact) mass is 260 g/mol. The summed E-state index contributed by atoms with van der Waals surface area (Å²) in [6, 6.07) is 6.94. The minimum absolute atomic E-state index is 0.135. The Hall–Kier alpha value is -2.57. The van der Waals surface area contributed by atoms with Gasteiger partial charge in [-0.3, -0.25) is 0 Å². The maximum absolute atomic E-state index is 9.84. The summed E-state index contributed by atoms with van der Waals surface area (Å²) in [4.78, 5) is 15.8. The molecule has 0 aliphatic heterocycles. The quantitative estimate of drug-likeness (QED) is 0.850. The number of rotatable bonds is 3. The molecule has 0 aliphatic rings. The number of aromatic nitrogens is 3. The second kappa shape index (κ2) is 4.97. The van der Waals surface area contributed by atoms with E-state index >= 15 is 0 Å². The van der Waals surface area contributed by atoms with E-state index in [1.165, 1.54) is 0 Å². The molecule has 0 saturated heterocycles. The molecular formula is C12H16N6O. The zero-order valence-electron chi connectivity index (χ0n) is 11.1. The van der Waals surface area contributed by atoms with Crippen molar-refractivity contribution < 1.29 is 5.11 Å². The maximum atomic E-state index is 9.84. The highest BCUT2D eigenvalue weighted by Gasteiger charge is 2.14. The van der Waals surface area contributed by atoms with E-state index in [-0.39, 0.29) is 11.7 Å². The van der Waals surface area contributed by atoms with Gasteiger partial charge in [0, 0.05) is 21.1 Å². The molecule has 0 atom stereocenters. The maximum Gasteiger partial charge on any atom is 0.236 e. The van der Waals surface area contributed by atoms with Crippen LogP contribution >= 0.6 is 0 Å². The first kappa shape index (κ1) is 12.9. The van der Waals surface area contributed by atoms with Crippen LogP contribution in [-0.4, -0.2) is 41.2 Å². The van der Waals surface area contributed by atoms with Crippen molar-refractivity contribution in [3.8, 4) is 5.75 Å². The molecule has 1 aromatic carbocycles. The van der Waals surface area contributed by atoms with Gasteiger partial charge in [0.25, 0.3) is 0 Å². The van der Waals surface area contributed by atoms with Crippen molar-refractivity contribution in [2.24, 2.45) is 0 Å². The highest BCUT2D eigenvalue weighted by Crippen LogP contribution is 2.29. The Morgan fingerprint density at radius 3 is 2.26 bits per heavy atom. The van der Waals surface area contributed by atoms with Crippen LogP contribution in [0.3, 0.4) is 0 Å². The van der Waals surface area contributed by atoms with Gasteiger partial charge in [0.05, 0.1) is 5.69 Å². The number of phenolic OH excluding ortho intramolecular Hbond substituents is 1. The highest BCUT2D eigenvalue weighted by molar-refractivity contribution is 5.64. The molecule has 0 bridgehead atoms. The Balaban J connectivity index is 2.44. The summed E-state index contributed by atoms with van der Waals surface area (Å²) < 4.78 is 0. The summed E-state index contributed by atoms with van der Waals surface area (Å²) in [7, 11) is 5.39. The number of benzene rings is 1. The summed E-state index contributed by atoms with van der Waals surface area (Å²) in [5, 5.41) is 9.84. The van der Waals surface area contributed by atoms with Crippen molar-refractivity contribution in [1.29, 1.82) is 0 Å². The van der Waals surface area contributed by atoms with Crippen LogP contribution in [0.1, 0.15) is 0 Å². The van der Waals surface area contributed by atoms with Crippen LogP contribution in [-0.2, 0) is 0 Å². The molecule has 2 rings (SSSR count). The van der Waals surface area contributed by atoms with Crippen LogP contribution in [0, 0.1) is 0 Å². The first-order chi connectivity index (χ1) is 8.99. The van der Waals surface area contributed by atoms with Crippen molar-refractivity contribution in [3.05, 3.63) is 24.3 Å². The average molecular weight is 260 g/mol. The summed E-state index contributed by atoms with van der Waals surface area (Å²) in [6.45, 7) is 0. The second-order valence-electron chi connectivity index (χ2n) is 4.24. The predicted molar refractivity (Wildman–Crippen MR) is 74.7 cm³/mol. The summed E-state index contributed by atoms with van der Waals surface area (Å²) in [5.74, 6) is 1.12. The van der Waals surface area contributed by atoms with Crippen molar-refractivity contribution in [2.75, 3.05) is 36.7 Å². The van der Waals surface area contributed by atoms with Gasteiger partial charge < -0.3 is 20.6 Å². The zero-order chi connectivity index (χ0) is 14.0. The minimum atomic E-state index is 0.135. The van der Waals surface area contributed by atoms with E-state index in [1.807, 2.05) is 20.2 Å². The topological polar surface area (TPSA) is 91.4 Å². The normalized spacial score (nSPS) is 10.3. The van der Waals surface area contributed by atoms with Gasteiger partial charge in [-0.2, -0.15) is 15.0 Å². The molecule has 0 fully saturated rings. The number of phenols is 1. The van der Waals surface area contributed by atoms with Crippen molar-refractivity contribution in [1.82, 2.24) is 15.0 Å². The molecule has 0 radical (unpaired) electrons. The van der Waals surface area contributed by atoms with E-state index in [1.54, 1.807) is 35.0 Å². The first-order valence-corrected chi connectivity index (χ1v) is 5.69. The average Bonchev–Trinajstić information content (AvgIpc) is 2.37. The number of nitrogens with two attached hydrogens (primary N) is 1. The number of hydrogen-bond donors (Lipinski definition) is 2. The Labute approximate surface area is 111 Å². The molecule has 0 saturated carbocycles. The van der Waals surface area contributed by atoms with Gasteiger partial charge in [0.15, 0.2) is 0 Å². The lowest BCUT2D eigenvalue weighted by Gasteiger charge is -2.20. The van der Waals surface area contributed by atoms with E-state index < -0.39 is 0 Å². The third-order valence-corrected chi connectivity index (χ3v) is 2.57. The summed E-state index contributed by atoms with van der Waals surface area (Å²) in [5.41, 5.74) is 6.27. The van der Waals surface area contributed by atoms with Gasteiger partial charge >= 0.3 is 0 Å². The first-order valence-electron chi connectivity index (χ1n) is 5.69. The lowest BCUT2D eigenvalue weighted by atomic mass is 10.3. The molecule has 100 valence electrons. The molecule has 0 aliphatic carbocycles. The standard InChI is InChI=1S/C12H16N6O/c1-17(2)11-14-10(13)15-12(16-11)18(3)8-6-4-5-7-9(8)19/h4-7,19H,1-3H3,(H2,13,14,15,16). The Kier molecular flexibility index (Phi) is 3.37. The van der Waals surface area contributed by atoms with Gasteiger partial charge in [-0.15, -0.1) is 0 Å². The van der Waals surface area contributed by atoms with Gasteiger partial charge in [-0.1, -0.05) is 12.1 Å². The number of para-hydroxylation sites is 2. The molecule has 0 spiro atoms. The number of aromatic hydroxyl groups is 1. The van der Waals surface area contributed by atoms with Gasteiger partial charge in [0.1, 0.15) is 5.75 Å². The number of anilines is 4. The van der Waals surface area contributed by atoms with Crippen LogP contribution in [0.15, 0.2) is 24.3 Å². The predicted octanol–water partition coefficient (Wildman–Crippen LogP) is 0.993. The third kappa shape index (κ3) is 2.65. The molecule has 2 aromatic rings. The second-order valence-corrected chi connectivity index (χ2v) is 4.24. The highest BCUT2D eigenvalue weighted by atomic mass is 16.3. The number of hydrogen-bond acceptors (Lipinski definition) is 7. The van der Waals surface area contributed by atoms with Crippen LogP contribution in [0.25, 0.3) is 0 Å². The molecule has 7 heteroatoms. The smallest absolute Gasteiger partial charge is 0.236 e. The van der Waals surface area contributed by atoms with E-state index in [0.717, 1.165) is 0 Å². The molecule has 3 N–H and O–H groups in total. The minimum Gasteiger partial charge on any atom is -0.506 e. The van der Waals surface area contributed by atoms with Crippen molar-refractivity contribution >= 4 is 23.5 Å². The van der Waals surface area contributed by atoms with Crippen molar-refractivity contribution in [2.45, 2.75) is 0 Å². The van der Waals surface area contributed by atoms with E-state index in [2.05, 4.69) is 15.0 Å². The fourth-order valence-corrected chi connectivity index (χ4v) is 1.57. The zero-order valence-corrected chi connectivity index (χ0v) is 11.1. The summed E-state index contributed by atoms with van der Waals surface area (Å²) in [6.07, 6.45) is 0. The fraction of sp³-hybridized carbons (Fsp3) is 0.250. The van der Waals surface area contributed by atoms with Crippen LogP contribution in [0.4, 0.5) is 23.5 Å². The van der Waals surface area contributed by atoms with E-state index in [0.29, 0.717) is 17.6 Å². The van der Waals surface area contributed by atoms with Crippen LogP contribution < -0.4 is 15.5 Å². The van der Waals surface area contributed by atoms with Gasteiger partial charge in [0.2, 0.25) is 17.8 Å². The largest absolute Gasteiger partial charge is 0.506 e. The van der Waals surface area contributed by atoms with Crippen LogP contribution in [0.5, 0.6) is 5.75 Å². The Morgan fingerprint density at radius 2 is 1.63 bits per heavy atom. The molecule has 0 amide bonds. The molecule has 1 aromatic heterocycles. The molecule has 0 unspecified atom stereocenters. The van der Waals surface area contributed by atoms with E-state index in [9.17, 15) is 5.11 Å². The number of nitrogen functional groups attached to an aromatic ring is 1. The fourth-order valence-electron chi connectivity index (χ4n) is 1.57. The number of nitrogens with zero attached hydrogens (tertiary/aromatic N) is 5. The Bertz CT molecular complexity index is 586. The van der Waals surface area contributed by atoms with E-state index in [4.69, 9.17) is 5.73 Å². The lowest BCUT2D eigenvalue weighted by Crippen LogP contribution is -2.19. The molecule has 19 heavy (non-hydrogen) atoms. The van der Waals surface area contributed by atoms with Gasteiger partial charge in [-0.25, -0.2) is 0 Å². The lowest BCUT2D eigenvalue weighted by molar-refractivity contribution is 0.476. The SMILES string of the molecule is CN(C)c1nc(N)nc(N(C)c2ccccc2O)n1. The molecule has 1 heterocycles. The van der Waals surface area contributed by atoms with Gasteiger partial charge in [-0.05, 0) is 12.1 Å². The Morgan fingerprint density at radius 1 is 1.00 bits per heavy atom.